The molecule has 2 aromatic carbocycles. The van der Waals surface area contributed by atoms with Crippen molar-refractivity contribution in [3.8, 4) is 5.75 Å². The van der Waals surface area contributed by atoms with Crippen molar-refractivity contribution in [2.75, 3.05) is 19.8 Å². The number of amides is 1. The van der Waals surface area contributed by atoms with Gasteiger partial charge in [0.15, 0.2) is 6.61 Å². The first-order valence-corrected chi connectivity index (χ1v) is 8.71. The highest BCUT2D eigenvalue weighted by Gasteiger charge is 2.08. The van der Waals surface area contributed by atoms with Gasteiger partial charge in [-0.2, -0.15) is 0 Å². The molecule has 0 spiro atoms. The molecule has 2 aromatic rings. The zero-order valence-electron chi connectivity index (χ0n) is 15.3. The van der Waals surface area contributed by atoms with E-state index < -0.39 is 5.97 Å². The lowest BCUT2D eigenvalue weighted by atomic mass is 10.1. The molecule has 0 bridgehead atoms. The average Bonchev–Trinajstić information content (AvgIpc) is 2.62. The van der Waals surface area contributed by atoms with Gasteiger partial charge in [-0.1, -0.05) is 36.4 Å². The highest BCUT2D eigenvalue weighted by Crippen LogP contribution is 2.12. The second-order valence-corrected chi connectivity index (χ2v) is 6.10. The van der Waals surface area contributed by atoms with Crippen molar-refractivity contribution in [2.45, 2.75) is 26.7 Å². The second kappa shape index (κ2) is 10.2. The van der Waals surface area contributed by atoms with Gasteiger partial charge in [0, 0.05) is 6.54 Å². The van der Waals surface area contributed by atoms with Crippen molar-refractivity contribution < 1.29 is 19.1 Å². The Balaban J connectivity index is 1.58. The number of hydrogen-bond donors (Lipinski definition) is 1. The number of rotatable bonds is 9. The molecule has 0 saturated heterocycles. The van der Waals surface area contributed by atoms with E-state index >= 15 is 0 Å². The van der Waals surface area contributed by atoms with Gasteiger partial charge in [-0.25, -0.2) is 0 Å². The van der Waals surface area contributed by atoms with Crippen LogP contribution in [0.15, 0.2) is 48.5 Å². The fourth-order valence-corrected chi connectivity index (χ4v) is 2.45. The quantitative estimate of drug-likeness (QED) is 0.703. The molecule has 5 heteroatoms. The third-order valence-corrected chi connectivity index (χ3v) is 3.91. The zero-order chi connectivity index (χ0) is 18.8. The molecule has 0 aliphatic heterocycles. The molecule has 1 N–H and O–H groups in total. The molecule has 0 aromatic heterocycles. The molecule has 0 aliphatic rings. The molecular formula is C21H25NO4. The maximum Gasteiger partial charge on any atom is 0.309 e. The minimum atomic E-state index is -0.452. The van der Waals surface area contributed by atoms with Gasteiger partial charge in [0.1, 0.15) is 5.75 Å². The van der Waals surface area contributed by atoms with Crippen molar-refractivity contribution in [3.63, 3.8) is 0 Å². The normalized spacial score (nSPS) is 10.2. The van der Waals surface area contributed by atoms with Crippen LogP contribution in [0.3, 0.4) is 0 Å². The molecule has 26 heavy (non-hydrogen) atoms. The summed E-state index contributed by atoms with van der Waals surface area (Å²) in [5.41, 5.74) is 3.48. The van der Waals surface area contributed by atoms with E-state index in [0.717, 1.165) is 12.0 Å². The Morgan fingerprint density at radius 3 is 2.62 bits per heavy atom. The summed E-state index contributed by atoms with van der Waals surface area (Å²) < 4.78 is 10.4. The summed E-state index contributed by atoms with van der Waals surface area (Å²) in [5.74, 6) is -0.0370. The lowest BCUT2D eigenvalue weighted by molar-refractivity contribution is -0.149. The number of hydrogen-bond acceptors (Lipinski definition) is 4. The molecule has 0 unspecified atom stereocenters. The molecule has 0 fully saturated rings. The number of benzene rings is 2. The first-order valence-electron chi connectivity index (χ1n) is 8.71. The molecule has 2 rings (SSSR count). The molecular weight excluding hydrogens is 330 g/mol. The van der Waals surface area contributed by atoms with Gasteiger partial charge in [-0.15, -0.1) is 0 Å². The SMILES string of the molecule is Cc1cccc(OCCC(=O)OCC(=O)NCCc2ccccc2C)c1. The summed E-state index contributed by atoms with van der Waals surface area (Å²) in [7, 11) is 0. The fourth-order valence-electron chi connectivity index (χ4n) is 2.45. The van der Waals surface area contributed by atoms with Gasteiger partial charge in [-0.3, -0.25) is 9.59 Å². The molecule has 0 saturated carbocycles. The summed E-state index contributed by atoms with van der Waals surface area (Å²) in [5, 5.41) is 2.75. The number of esters is 1. The third kappa shape index (κ3) is 6.97. The van der Waals surface area contributed by atoms with E-state index in [1.54, 1.807) is 0 Å². The van der Waals surface area contributed by atoms with E-state index in [9.17, 15) is 9.59 Å². The third-order valence-electron chi connectivity index (χ3n) is 3.91. The van der Waals surface area contributed by atoms with E-state index in [2.05, 4.69) is 5.32 Å². The predicted octanol–water partition coefficient (Wildman–Crippen LogP) is 2.97. The Kier molecular flexibility index (Phi) is 7.68. The maximum absolute atomic E-state index is 11.7. The minimum Gasteiger partial charge on any atom is -0.493 e. The molecule has 1 amide bonds. The molecule has 0 atom stereocenters. The Bertz CT molecular complexity index is 742. The van der Waals surface area contributed by atoms with Crippen molar-refractivity contribution in [3.05, 3.63) is 65.2 Å². The number of aryl methyl sites for hydroxylation is 2. The number of carbonyl (C=O) groups excluding carboxylic acids is 2. The topological polar surface area (TPSA) is 64.6 Å². The lowest BCUT2D eigenvalue weighted by Gasteiger charge is -2.09. The molecule has 0 radical (unpaired) electrons. The smallest absolute Gasteiger partial charge is 0.309 e. The van der Waals surface area contributed by atoms with Crippen LogP contribution in [0.2, 0.25) is 0 Å². The lowest BCUT2D eigenvalue weighted by Crippen LogP contribution is -2.30. The van der Waals surface area contributed by atoms with Crippen LogP contribution >= 0.6 is 0 Å². The van der Waals surface area contributed by atoms with Crippen LogP contribution < -0.4 is 10.1 Å². The van der Waals surface area contributed by atoms with Crippen molar-refractivity contribution in [2.24, 2.45) is 0 Å². The van der Waals surface area contributed by atoms with Crippen LogP contribution in [0, 0.1) is 13.8 Å². The Morgan fingerprint density at radius 2 is 1.85 bits per heavy atom. The first-order chi connectivity index (χ1) is 12.5. The van der Waals surface area contributed by atoms with Gasteiger partial charge in [0.2, 0.25) is 0 Å². The van der Waals surface area contributed by atoms with Gasteiger partial charge in [0.25, 0.3) is 5.91 Å². The van der Waals surface area contributed by atoms with Crippen molar-refractivity contribution in [1.82, 2.24) is 5.32 Å². The average molecular weight is 355 g/mol. The highest BCUT2D eigenvalue weighted by molar-refractivity contribution is 5.80. The Morgan fingerprint density at radius 1 is 1.04 bits per heavy atom. The van der Waals surface area contributed by atoms with E-state index in [0.29, 0.717) is 12.3 Å². The Labute approximate surface area is 154 Å². The second-order valence-electron chi connectivity index (χ2n) is 6.10. The van der Waals surface area contributed by atoms with Gasteiger partial charge in [-0.05, 0) is 49.1 Å². The monoisotopic (exact) mass is 355 g/mol. The highest BCUT2D eigenvalue weighted by atomic mass is 16.5. The van der Waals surface area contributed by atoms with Crippen LogP contribution in [0.25, 0.3) is 0 Å². The predicted molar refractivity (Wildman–Crippen MR) is 100 cm³/mol. The van der Waals surface area contributed by atoms with Crippen molar-refractivity contribution in [1.29, 1.82) is 0 Å². The van der Waals surface area contributed by atoms with Gasteiger partial charge < -0.3 is 14.8 Å². The summed E-state index contributed by atoms with van der Waals surface area (Å²) in [6.45, 7) is 4.47. The van der Waals surface area contributed by atoms with E-state index in [4.69, 9.17) is 9.47 Å². The van der Waals surface area contributed by atoms with Gasteiger partial charge >= 0.3 is 5.97 Å². The van der Waals surface area contributed by atoms with Crippen LogP contribution in [0.5, 0.6) is 5.75 Å². The maximum atomic E-state index is 11.7. The number of ether oxygens (including phenoxy) is 2. The molecule has 0 heterocycles. The summed E-state index contributed by atoms with van der Waals surface area (Å²) in [6.07, 6.45) is 0.848. The first kappa shape index (κ1) is 19.5. The van der Waals surface area contributed by atoms with E-state index in [1.807, 2.05) is 62.4 Å². The number of nitrogens with one attached hydrogen (secondary N) is 1. The molecule has 0 aliphatic carbocycles. The minimum absolute atomic E-state index is 0.102. The van der Waals surface area contributed by atoms with E-state index in [1.165, 1.54) is 11.1 Å². The van der Waals surface area contributed by atoms with Crippen LogP contribution in [-0.2, 0) is 20.7 Å². The van der Waals surface area contributed by atoms with Crippen LogP contribution in [0.4, 0.5) is 0 Å². The van der Waals surface area contributed by atoms with Crippen molar-refractivity contribution >= 4 is 11.9 Å². The standard InChI is InChI=1S/C21H25NO4/c1-16-6-5-9-19(14-16)25-13-11-21(24)26-15-20(23)22-12-10-18-8-4-3-7-17(18)2/h3-9,14H,10-13,15H2,1-2H3,(H,22,23). The Hall–Kier alpha value is -2.82. The molecule has 138 valence electrons. The summed E-state index contributed by atoms with van der Waals surface area (Å²) in [4.78, 5) is 23.4. The van der Waals surface area contributed by atoms with Crippen LogP contribution in [-0.4, -0.2) is 31.6 Å². The van der Waals surface area contributed by atoms with E-state index in [-0.39, 0.29) is 25.5 Å². The van der Waals surface area contributed by atoms with Crippen LogP contribution in [0.1, 0.15) is 23.1 Å². The summed E-state index contributed by atoms with van der Waals surface area (Å²) in [6, 6.07) is 15.6. The fraction of sp³-hybridized carbons (Fsp3) is 0.333. The number of carbonyl (C=O) groups is 2. The van der Waals surface area contributed by atoms with Gasteiger partial charge in [0.05, 0.1) is 13.0 Å². The summed E-state index contributed by atoms with van der Waals surface area (Å²) >= 11 is 0. The zero-order valence-corrected chi connectivity index (χ0v) is 15.3. The largest absolute Gasteiger partial charge is 0.493 e. The molecule has 5 nitrogen and oxygen atoms in total.